The van der Waals surface area contributed by atoms with E-state index < -0.39 is 12.1 Å². The van der Waals surface area contributed by atoms with Gasteiger partial charge in [0.1, 0.15) is 5.78 Å². The van der Waals surface area contributed by atoms with Crippen LogP contribution in [0, 0.1) is 52.3 Å². The molecule has 11 atom stereocenters. The third kappa shape index (κ3) is 4.08. The van der Waals surface area contributed by atoms with Crippen molar-refractivity contribution in [1.82, 2.24) is 5.32 Å². The van der Waals surface area contributed by atoms with Crippen molar-refractivity contribution < 1.29 is 24.9 Å². The Hall–Kier alpha value is -0.980. The summed E-state index contributed by atoms with van der Waals surface area (Å²) in [4.78, 5) is 24.4. The molecule has 33 heavy (non-hydrogen) atoms. The fourth-order valence-electron chi connectivity index (χ4n) is 9.61. The highest BCUT2D eigenvalue weighted by molar-refractivity contribution is 5.84. The van der Waals surface area contributed by atoms with Crippen LogP contribution >= 0.6 is 0 Å². The number of carbonyl (C=O) groups is 2. The number of hydrogen-bond acceptors (Lipinski definition) is 5. The Kier molecular flexibility index (Phi) is 7.03. The number of aliphatic carboxylic acids is 1. The Morgan fingerprint density at radius 3 is 2.45 bits per heavy atom. The van der Waals surface area contributed by atoms with Crippen LogP contribution in [0.2, 0.25) is 0 Å². The van der Waals surface area contributed by atoms with Gasteiger partial charge in [0.25, 0.3) is 0 Å². The second kappa shape index (κ2) is 9.23. The number of aliphatic hydroxyl groups excluding tert-OH is 2. The van der Waals surface area contributed by atoms with Gasteiger partial charge in [-0.1, -0.05) is 20.8 Å². The van der Waals surface area contributed by atoms with Gasteiger partial charge in [0.15, 0.2) is 0 Å². The lowest BCUT2D eigenvalue weighted by atomic mass is 9.41. The maximum atomic E-state index is 13.2. The van der Waals surface area contributed by atoms with E-state index in [0.29, 0.717) is 49.5 Å². The average Bonchev–Trinajstić information content (AvgIpc) is 3.10. The third-order valence-corrected chi connectivity index (χ3v) is 11.1. The zero-order valence-electron chi connectivity index (χ0n) is 20.9. The highest BCUT2D eigenvalue weighted by Crippen LogP contribution is 2.69. The van der Waals surface area contributed by atoms with E-state index in [1.54, 1.807) is 7.05 Å². The molecule has 0 heterocycles. The maximum absolute atomic E-state index is 13.2. The zero-order valence-corrected chi connectivity index (χ0v) is 20.9. The van der Waals surface area contributed by atoms with Crippen molar-refractivity contribution >= 4 is 11.8 Å². The Labute approximate surface area is 198 Å². The van der Waals surface area contributed by atoms with Crippen molar-refractivity contribution in [1.29, 1.82) is 0 Å². The minimum absolute atomic E-state index is 0.127. The van der Waals surface area contributed by atoms with Crippen molar-refractivity contribution in [2.75, 3.05) is 13.6 Å². The first-order valence-electron chi connectivity index (χ1n) is 13.3. The number of rotatable bonds is 7. The highest BCUT2D eigenvalue weighted by atomic mass is 16.4. The molecule has 2 unspecified atom stereocenters. The van der Waals surface area contributed by atoms with Crippen molar-refractivity contribution in [2.45, 2.75) is 90.8 Å². The number of carboxylic acid groups (broad SMARTS) is 1. The minimum atomic E-state index is -0.719. The lowest BCUT2D eigenvalue weighted by Crippen LogP contribution is -2.62. The van der Waals surface area contributed by atoms with Crippen molar-refractivity contribution in [3.8, 4) is 0 Å². The zero-order chi connectivity index (χ0) is 24.1. The van der Waals surface area contributed by atoms with Crippen LogP contribution in [0.25, 0.3) is 0 Å². The first-order chi connectivity index (χ1) is 15.5. The number of nitrogens with one attached hydrogen (secondary N) is 1. The molecule has 4 aliphatic carbocycles. The highest BCUT2D eigenvalue weighted by Gasteiger charge is 2.65. The molecule has 6 nitrogen and oxygen atoms in total. The smallest absolute Gasteiger partial charge is 0.303 e. The number of hydrogen-bond donors (Lipinski definition) is 4. The summed E-state index contributed by atoms with van der Waals surface area (Å²) in [6.45, 7) is 7.26. The van der Waals surface area contributed by atoms with Crippen LogP contribution in [0.1, 0.15) is 78.6 Å². The Bertz CT molecular complexity index is 757. The van der Waals surface area contributed by atoms with Gasteiger partial charge in [-0.15, -0.1) is 0 Å². The van der Waals surface area contributed by atoms with Gasteiger partial charge >= 0.3 is 5.97 Å². The SMILES string of the molecule is CNCC(=O)C1C[C@H](O)CC2C[C@H](O)[C@@H]3[C@H](CC[C@]4(C)[C@@H]([C@H](C)CCC(=O)O)CC[C@@H]34)[C@]21C. The lowest BCUT2D eigenvalue weighted by molar-refractivity contribution is -0.196. The molecular weight excluding hydrogens is 418 g/mol. The van der Waals surface area contributed by atoms with E-state index in [9.17, 15) is 24.9 Å². The van der Waals surface area contributed by atoms with Crippen LogP contribution in [0.15, 0.2) is 0 Å². The molecule has 0 aromatic carbocycles. The number of carboxylic acids is 1. The molecular formula is C27H45NO5. The van der Waals surface area contributed by atoms with E-state index >= 15 is 0 Å². The van der Waals surface area contributed by atoms with Crippen molar-refractivity contribution in [2.24, 2.45) is 52.3 Å². The van der Waals surface area contributed by atoms with Gasteiger partial charge in [-0.3, -0.25) is 9.59 Å². The molecule has 188 valence electrons. The van der Waals surface area contributed by atoms with Gasteiger partial charge < -0.3 is 20.6 Å². The molecule has 0 spiro atoms. The van der Waals surface area contributed by atoms with Gasteiger partial charge in [0.05, 0.1) is 18.8 Å². The molecule has 4 saturated carbocycles. The standard InChI is InChI=1S/C27H45NO5/c1-15(5-8-24(32)33)18-6-7-19-25-20(9-10-26(18,19)2)27(3)16(12-22(25)30)11-17(29)13-21(27)23(31)14-28-4/h15-22,25,28-30H,5-14H2,1-4H3,(H,32,33)/t15-,16?,17-,18-,19+,20+,21?,22+,25+,26-,27+/m1/s1. The van der Waals surface area contributed by atoms with Crippen LogP contribution in [-0.4, -0.2) is 52.9 Å². The number of fused-ring (bicyclic) bond motifs is 5. The molecule has 6 heteroatoms. The Balaban J connectivity index is 1.62. The summed E-state index contributed by atoms with van der Waals surface area (Å²) in [5, 5.41) is 34.3. The first-order valence-corrected chi connectivity index (χ1v) is 13.3. The van der Waals surface area contributed by atoms with E-state index in [4.69, 9.17) is 0 Å². The van der Waals surface area contributed by atoms with Crippen LogP contribution < -0.4 is 5.32 Å². The van der Waals surface area contributed by atoms with Gasteiger partial charge in [-0.25, -0.2) is 0 Å². The summed E-state index contributed by atoms with van der Waals surface area (Å²) in [5.74, 6) is 1.30. The van der Waals surface area contributed by atoms with E-state index in [-0.39, 0.29) is 46.9 Å². The molecule has 0 amide bonds. The molecule has 0 aromatic heterocycles. The van der Waals surface area contributed by atoms with E-state index in [1.807, 2.05) is 0 Å². The molecule has 0 aromatic rings. The molecule has 4 N–H and O–H groups in total. The quantitative estimate of drug-likeness (QED) is 0.460. The van der Waals surface area contributed by atoms with Gasteiger partial charge in [-0.2, -0.15) is 0 Å². The van der Waals surface area contributed by atoms with Crippen LogP contribution in [0.5, 0.6) is 0 Å². The van der Waals surface area contributed by atoms with Crippen LogP contribution in [0.4, 0.5) is 0 Å². The van der Waals surface area contributed by atoms with Crippen LogP contribution in [0.3, 0.4) is 0 Å². The molecule has 4 fully saturated rings. The Morgan fingerprint density at radius 1 is 1.06 bits per heavy atom. The first kappa shape index (κ1) is 25.1. The minimum Gasteiger partial charge on any atom is -0.481 e. The summed E-state index contributed by atoms with van der Waals surface area (Å²) in [5.41, 5.74) is -0.0483. The number of ketones is 1. The van der Waals surface area contributed by atoms with Crippen molar-refractivity contribution in [3.63, 3.8) is 0 Å². The molecule has 0 radical (unpaired) electrons. The number of Topliss-reactive ketones (excluding diaryl/α,β-unsaturated/α-hetero) is 1. The number of carbonyl (C=O) groups excluding carboxylic acids is 1. The summed E-state index contributed by atoms with van der Waals surface area (Å²) < 4.78 is 0. The average molecular weight is 464 g/mol. The fraction of sp³-hybridized carbons (Fsp3) is 0.926. The second-order valence-electron chi connectivity index (χ2n) is 12.5. The number of likely N-dealkylation sites (N-methyl/N-ethyl adjacent to an activating group) is 1. The predicted molar refractivity (Wildman–Crippen MR) is 126 cm³/mol. The van der Waals surface area contributed by atoms with Crippen molar-refractivity contribution in [3.05, 3.63) is 0 Å². The van der Waals surface area contributed by atoms with Gasteiger partial charge in [-0.05, 0) is 105 Å². The topological polar surface area (TPSA) is 107 Å². The van der Waals surface area contributed by atoms with Crippen LogP contribution in [-0.2, 0) is 9.59 Å². The van der Waals surface area contributed by atoms with E-state index in [1.165, 1.54) is 0 Å². The van der Waals surface area contributed by atoms with E-state index in [2.05, 4.69) is 26.1 Å². The normalized spacial score (nSPS) is 47.8. The molecule has 4 rings (SSSR count). The maximum Gasteiger partial charge on any atom is 0.303 e. The largest absolute Gasteiger partial charge is 0.481 e. The van der Waals surface area contributed by atoms with Gasteiger partial charge in [0, 0.05) is 12.3 Å². The summed E-state index contributed by atoms with van der Waals surface area (Å²) >= 11 is 0. The fourth-order valence-corrected chi connectivity index (χ4v) is 9.61. The summed E-state index contributed by atoms with van der Waals surface area (Å²) in [7, 11) is 1.81. The van der Waals surface area contributed by atoms with Gasteiger partial charge in [0.2, 0.25) is 0 Å². The second-order valence-corrected chi connectivity index (χ2v) is 12.5. The third-order valence-electron chi connectivity index (χ3n) is 11.1. The number of aliphatic hydroxyl groups is 2. The predicted octanol–water partition coefficient (Wildman–Crippen LogP) is 3.49. The van der Waals surface area contributed by atoms with E-state index in [0.717, 1.165) is 32.1 Å². The monoisotopic (exact) mass is 463 g/mol. The molecule has 0 aliphatic heterocycles. The lowest BCUT2D eigenvalue weighted by Gasteiger charge is -2.64. The Morgan fingerprint density at radius 2 is 1.79 bits per heavy atom. The molecule has 4 aliphatic rings. The summed E-state index contributed by atoms with van der Waals surface area (Å²) in [6, 6.07) is 0. The molecule has 0 bridgehead atoms. The summed E-state index contributed by atoms with van der Waals surface area (Å²) in [6.07, 6.45) is 6.34. The molecule has 0 saturated heterocycles.